The highest BCUT2D eigenvalue weighted by molar-refractivity contribution is 7.47. The molecular formula is C37H74NO8P. The molecule has 280 valence electrons. The lowest BCUT2D eigenvalue weighted by atomic mass is 9.82. The summed E-state index contributed by atoms with van der Waals surface area (Å²) in [6.45, 7) is 3.30. The minimum Gasteiger partial charge on any atom is -0.387 e. The van der Waals surface area contributed by atoms with E-state index in [2.05, 4.69) is 18.4 Å². The molecule has 0 aromatic heterocycles. The van der Waals surface area contributed by atoms with E-state index in [4.69, 9.17) is 10.3 Å². The molecule has 0 aliphatic heterocycles. The fraction of sp³-hybridized carbons (Fsp3) is 0.946. The molecule has 0 heterocycles. The van der Waals surface area contributed by atoms with Gasteiger partial charge < -0.3 is 20.8 Å². The van der Waals surface area contributed by atoms with Crippen molar-refractivity contribution >= 4 is 19.4 Å². The minimum atomic E-state index is -4.57. The summed E-state index contributed by atoms with van der Waals surface area (Å²) in [5.74, 6) is -1.54. The number of carbonyl (C=O) groups is 2. The summed E-state index contributed by atoms with van der Waals surface area (Å²) < 4.78 is 21.5. The van der Waals surface area contributed by atoms with Gasteiger partial charge in [0, 0.05) is 19.4 Å². The molecule has 0 aromatic carbocycles. The molecule has 0 radical (unpaired) electrons. The van der Waals surface area contributed by atoms with Crippen molar-refractivity contribution in [2.45, 2.75) is 205 Å². The smallest absolute Gasteiger partial charge is 0.387 e. The molecule has 47 heavy (non-hydrogen) atoms. The molecule has 0 aromatic rings. The Morgan fingerprint density at radius 3 is 1.19 bits per heavy atom. The SMILES string of the molecule is CCCCCCCCCCCCCCCC(=O)C(O)(C(=O)CCCCCCCCCCCCCCC)[C@@H](O)COP(=O)(O)OCCN. The van der Waals surface area contributed by atoms with Crippen molar-refractivity contribution in [2.24, 2.45) is 5.73 Å². The number of unbranched alkanes of at least 4 members (excludes halogenated alkanes) is 24. The molecule has 0 aliphatic carbocycles. The summed E-state index contributed by atoms with van der Waals surface area (Å²) in [7, 11) is -4.57. The van der Waals surface area contributed by atoms with Gasteiger partial charge in [0.15, 0.2) is 11.6 Å². The van der Waals surface area contributed by atoms with Gasteiger partial charge in [-0.1, -0.05) is 168 Å². The minimum absolute atomic E-state index is 0.0182. The van der Waals surface area contributed by atoms with Crippen LogP contribution in [0.15, 0.2) is 0 Å². The topological polar surface area (TPSA) is 156 Å². The number of ketones is 2. The van der Waals surface area contributed by atoms with Gasteiger partial charge in [-0.05, 0) is 12.8 Å². The highest BCUT2D eigenvalue weighted by Crippen LogP contribution is 2.43. The number of phosphoric acid groups is 1. The average molecular weight is 692 g/mol. The number of Topliss-reactive ketones (excluding diaryl/α,β-unsaturated/α-hetero) is 2. The zero-order chi connectivity index (χ0) is 35.1. The number of aliphatic hydroxyl groups is 2. The van der Waals surface area contributed by atoms with E-state index >= 15 is 0 Å². The number of phosphoric ester groups is 1. The number of aliphatic hydroxyl groups excluding tert-OH is 1. The molecule has 0 spiro atoms. The molecule has 9 nitrogen and oxygen atoms in total. The van der Waals surface area contributed by atoms with Crippen LogP contribution in [-0.2, 0) is 23.2 Å². The molecule has 0 rings (SSSR count). The lowest BCUT2D eigenvalue weighted by Gasteiger charge is -2.30. The van der Waals surface area contributed by atoms with Crippen LogP contribution >= 0.6 is 7.82 Å². The van der Waals surface area contributed by atoms with E-state index in [-0.39, 0.29) is 26.0 Å². The van der Waals surface area contributed by atoms with Crippen LogP contribution < -0.4 is 5.73 Å². The van der Waals surface area contributed by atoms with Gasteiger partial charge in [0.25, 0.3) is 0 Å². The molecular weight excluding hydrogens is 617 g/mol. The van der Waals surface area contributed by atoms with Crippen molar-refractivity contribution in [3.05, 3.63) is 0 Å². The summed E-state index contributed by atoms with van der Waals surface area (Å²) >= 11 is 0. The first-order valence-electron chi connectivity index (χ1n) is 19.4. The van der Waals surface area contributed by atoms with E-state index in [9.17, 15) is 29.3 Å². The monoisotopic (exact) mass is 692 g/mol. The van der Waals surface area contributed by atoms with E-state index < -0.39 is 37.7 Å². The predicted octanol–water partition coefficient (Wildman–Crippen LogP) is 9.27. The second-order valence-corrected chi connectivity index (χ2v) is 15.0. The van der Waals surface area contributed by atoms with Crippen LogP contribution in [0.2, 0.25) is 0 Å². The Balaban J connectivity index is 4.62. The normalized spacial score (nSPS) is 13.9. The fourth-order valence-corrected chi connectivity index (χ4v) is 6.75. The van der Waals surface area contributed by atoms with Gasteiger partial charge in [0.05, 0.1) is 13.2 Å². The lowest BCUT2D eigenvalue weighted by Crippen LogP contribution is -2.57. The van der Waals surface area contributed by atoms with Crippen LogP contribution in [0.5, 0.6) is 0 Å². The quantitative estimate of drug-likeness (QED) is 0.0283. The van der Waals surface area contributed by atoms with Gasteiger partial charge in [-0.25, -0.2) is 4.57 Å². The maximum absolute atomic E-state index is 13.2. The average Bonchev–Trinajstić information content (AvgIpc) is 3.06. The van der Waals surface area contributed by atoms with E-state index in [1.165, 1.54) is 103 Å². The zero-order valence-electron chi connectivity index (χ0n) is 30.4. The molecule has 0 saturated heterocycles. The second-order valence-electron chi connectivity index (χ2n) is 13.5. The molecule has 0 fully saturated rings. The number of nitrogens with two attached hydrogens (primary N) is 1. The molecule has 0 bridgehead atoms. The predicted molar refractivity (Wildman–Crippen MR) is 192 cm³/mol. The molecule has 2 atom stereocenters. The first-order valence-corrected chi connectivity index (χ1v) is 20.9. The number of hydrogen-bond donors (Lipinski definition) is 4. The van der Waals surface area contributed by atoms with Gasteiger partial charge in [-0.3, -0.25) is 18.6 Å². The lowest BCUT2D eigenvalue weighted by molar-refractivity contribution is -0.166. The Bertz CT molecular complexity index is 754. The Kier molecular flexibility index (Phi) is 30.9. The molecule has 1 unspecified atom stereocenters. The highest BCUT2D eigenvalue weighted by Gasteiger charge is 2.49. The third-order valence-electron chi connectivity index (χ3n) is 9.12. The molecule has 5 N–H and O–H groups in total. The van der Waals surface area contributed by atoms with Crippen molar-refractivity contribution in [1.29, 1.82) is 0 Å². The van der Waals surface area contributed by atoms with Gasteiger partial charge in [0.2, 0.25) is 5.60 Å². The van der Waals surface area contributed by atoms with Crippen LogP contribution in [0.3, 0.4) is 0 Å². The van der Waals surface area contributed by atoms with Crippen molar-refractivity contribution in [3.63, 3.8) is 0 Å². The number of rotatable bonds is 37. The Labute approximate surface area is 288 Å². The zero-order valence-corrected chi connectivity index (χ0v) is 31.3. The first-order chi connectivity index (χ1) is 22.7. The Morgan fingerprint density at radius 2 is 0.894 bits per heavy atom. The van der Waals surface area contributed by atoms with Gasteiger partial charge >= 0.3 is 7.82 Å². The molecule has 0 aliphatic rings. The Morgan fingerprint density at radius 1 is 0.596 bits per heavy atom. The largest absolute Gasteiger partial charge is 0.472 e. The van der Waals surface area contributed by atoms with Crippen LogP contribution in [0.1, 0.15) is 194 Å². The van der Waals surface area contributed by atoms with Crippen molar-refractivity contribution in [3.8, 4) is 0 Å². The van der Waals surface area contributed by atoms with Gasteiger partial charge in [-0.2, -0.15) is 0 Å². The third-order valence-corrected chi connectivity index (χ3v) is 10.1. The third kappa shape index (κ3) is 25.0. The standard InChI is InChI=1S/C37H74NO8P/c1-3-5-7-9-11-13-15-17-19-21-23-25-27-29-34(39)37(42,36(41)33-46-47(43,44)45-32-31-38)35(40)30-28-26-24-22-20-18-16-14-12-10-8-6-4-2/h36,41-42H,3-33,38H2,1-2H3,(H,43,44)/t36-/m0/s1. The van der Waals surface area contributed by atoms with E-state index in [0.717, 1.165) is 51.4 Å². The van der Waals surface area contributed by atoms with E-state index in [0.29, 0.717) is 12.8 Å². The molecule has 10 heteroatoms. The van der Waals surface area contributed by atoms with Gasteiger partial charge in [0.1, 0.15) is 6.10 Å². The Hall–Kier alpha value is -0.670. The maximum Gasteiger partial charge on any atom is 0.472 e. The van der Waals surface area contributed by atoms with Crippen molar-refractivity contribution in [1.82, 2.24) is 0 Å². The summed E-state index contributed by atoms with van der Waals surface area (Å²) in [6.07, 6.45) is 27.6. The summed E-state index contributed by atoms with van der Waals surface area (Å²) in [6, 6.07) is 0. The first kappa shape index (κ1) is 46.3. The van der Waals surface area contributed by atoms with E-state index in [1.807, 2.05) is 0 Å². The number of carbonyl (C=O) groups excluding carboxylic acids is 2. The number of hydrogen-bond acceptors (Lipinski definition) is 8. The molecule has 0 amide bonds. The van der Waals surface area contributed by atoms with Crippen molar-refractivity contribution in [2.75, 3.05) is 19.8 Å². The van der Waals surface area contributed by atoms with Gasteiger partial charge in [-0.15, -0.1) is 0 Å². The fourth-order valence-electron chi connectivity index (χ4n) is 6.01. The molecule has 0 saturated carbocycles. The van der Waals surface area contributed by atoms with Crippen LogP contribution in [0, 0.1) is 0 Å². The van der Waals surface area contributed by atoms with Crippen molar-refractivity contribution < 1.29 is 38.3 Å². The summed E-state index contributed by atoms with van der Waals surface area (Å²) in [5.41, 5.74) is 2.60. The van der Waals surface area contributed by atoms with Crippen LogP contribution in [0.4, 0.5) is 0 Å². The second kappa shape index (κ2) is 31.3. The highest BCUT2D eigenvalue weighted by atomic mass is 31.2. The van der Waals surface area contributed by atoms with Crippen LogP contribution in [-0.4, -0.2) is 58.1 Å². The van der Waals surface area contributed by atoms with Crippen LogP contribution in [0.25, 0.3) is 0 Å². The van der Waals surface area contributed by atoms with E-state index in [1.54, 1.807) is 0 Å². The summed E-state index contributed by atoms with van der Waals surface area (Å²) in [5, 5.41) is 22.1. The summed E-state index contributed by atoms with van der Waals surface area (Å²) in [4.78, 5) is 36.2. The maximum atomic E-state index is 13.2.